The third kappa shape index (κ3) is 7.15. The molecule has 0 atom stereocenters. The highest BCUT2D eigenvalue weighted by atomic mass is 16.5. The predicted molar refractivity (Wildman–Crippen MR) is 342 cm³/mol. The van der Waals surface area contributed by atoms with E-state index < -0.39 is 5.41 Å². The maximum absolute atomic E-state index is 6.83. The number of hydrogen-bond donors (Lipinski definition) is 1. The molecule has 3 aromatic heterocycles. The first-order chi connectivity index (χ1) is 40.2. The summed E-state index contributed by atoms with van der Waals surface area (Å²) >= 11 is 0. The number of aromatic amines is 1. The number of aromatic nitrogens is 3. The first kappa shape index (κ1) is 47.7. The first-order valence-corrected chi connectivity index (χ1v) is 28.4. The molecule has 2 aliphatic carbocycles. The SMILES string of the molecule is CN(c1cccc(Oc2ccc3c4ccccc4n(-c4cc(C(C)(C)C)ccn4)c3c2)c1)c1cccc2c1[nH]c1ccccc1c1ccc(-c3ccc4c(c3)C3(c5ccccc5-c5ccccc53)c3ccccc3-4)cc1c1ccccc21. The van der Waals surface area contributed by atoms with Crippen LogP contribution >= 0.6 is 0 Å². The third-order valence-electron chi connectivity index (χ3n) is 17.7. The Labute approximate surface area is 476 Å². The lowest BCUT2D eigenvalue weighted by Gasteiger charge is -2.30. The molecule has 11 aromatic carbocycles. The normalized spacial score (nSPS) is 13.0. The van der Waals surface area contributed by atoms with E-state index in [1.54, 1.807) is 0 Å². The molecule has 14 aromatic rings. The minimum Gasteiger partial charge on any atom is -0.457 e. The molecule has 5 nitrogen and oxygen atoms in total. The minimum absolute atomic E-state index is 0.0242. The van der Waals surface area contributed by atoms with Crippen LogP contribution in [-0.2, 0) is 10.8 Å². The molecular weight excluding hydrogens is 997 g/mol. The Kier molecular flexibility index (Phi) is 10.6. The van der Waals surface area contributed by atoms with Gasteiger partial charge in [-0.25, -0.2) is 4.98 Å². The standard InChI is InChI=1S/C77H56N4O/c1-76(2,3)50-41-42-78-74(45-50)81-71-33-16-11-27-62(71)63-40-37-53(47-73(63)81)82-52-20-17-19-51(46-52)80(4)72-34-18-28-64-54-21-5-6-22-55(54)65-43-48(35-38-56(65)61-26-10-15-32-70(61)79-75(64)72)49-36-39-60-59-25-9-14-31-68(59)77(69(60)44-49)66-29-12-7-23-57(66)58-24-8-13-30-67(58)77/h5-47,79H,1-4H3. The van der Waals surface area contributed by atoms with Crippen LogP contribution in [-0.4, -0.2) is 21.6 Å². The van der Waals surface area contributed by atoms with E-state index >= 15 is 0 Å². The molecule has 16 rings (SSSR count). The van der Waals surface area contributed by atoms with Crippen molar-refractivity contribution in [3.8, 4) is 50.7 Å². The Bertz CT molecular complexity index is 4990. The van der Waals surface area contributed by atoms with Gasteiger partial charge in [0.15, 0.2) is 0 Å². The smallest absolute Gasteiger partial charge is 0.137 e. The van der Waals surface area contributed by atoms with Crippen LogP contribution in [0.15, 0.2) is 261 Å². The monoisotopic (exact) mass is 1050 g/mol. The van der Waals surface area contributed by atoms with Gasteiger partial charge in [0.1, 0.15) is 17.3 Å². The van der Waals surface area contributed by atoms with E-state index in [0.29, 0.717) is 0 Å². The van der Waals surface area contributed by atoms with Crippen LogP contribution in [0.4, 0.5) is 11.4 Å². The fourth-order valence-corrected chi connectivity index (χ4v) is 13.8. The summed E-state index contributed by atoms with van der Waals surface area (Å²) in [6.07, 6.45) is 1.92. The molecular formula is C77H56N4O. The lowest BCUT2D eigenvalue weighted by Crippen LogP contribution is -2.25. The van der Waals surface area contributed by atoms with Gasteiger partial charge in [-0.3, -0.25) is 4.57 Å². The molecule has 0 fully saturated rings. The Morgan fingerprint density at radius 3 is 1.73 bits per heavy atom. The topological polar surface area (TPSA) is 46.1 Å². The average Bonchev–Trinajstić information content (AvgIpc) is 3.09. The van der Waals surface area contributed by atoms with E-state index in [1.807, 2.05) is 12.3 Å². The number of ether oxygens (including phenoxy) is 1. The van der Waals surface area contributed by atoms with Crippen LogP contribution in [0.25, 0.3) is 104 Å². The van der Waals surface area contributed by atoms with Gasteiger partial charge in [0.25, 0.3) is 0 Å². The highest BCUT2D eigenvalue weighted by molar-refractivity contribution is 6.21. The lowest BCUT2D eigenvalue weighted by atomic mass is 9.70. The molecule has 1 spiro atoms. The Hall–Kier alpha value is -10.2. The molecule has 0 aliphatic heterocycles. The van der Waals surface area contributed by atoms with Crippen molar-refractivity contribution >= 4 is 76.5 Å². The van der Waals surface area contributed by atoms with E-state index in [1.165, 1.54) is 82.7 Å². The van der Waals surface area contributed by atoms with Crippen LogP contribution in [0.2, 0.25) is 0 Å². The zero-order valence-corrected chi connectivity index (χ0v) is 46.1. The minimum atomic E-state index is -0.424. The third-order valence-corrected chi connectivity index (χ3v) is 17.7. The van der Waals surface area contributed by atoms with Crippen molar-refractivity contribution in [1.29, 1.82) is 0 Å². The van der Waals surface area contributed by atoms with Crippen LogP contribution in [0, 0.1) is 0 Å². The quantitative estimate of drug-likeness (QED) is 0.180. The molecule has 82 heavy (non-hydrogen) atoms. The number of fused-ring (bicyclic) bond motifs is 20. The summed E-state index contributed by atoms with van der Waals surface area (Å²) < 4.78 is 9.09. The molecule has 0 amide bonds. The van der Waals surface area contributed by atoms with Crippen molar-refractivity contribution in [2.24, 2.45) is 0 Å². The second-order valence-corrected chi connectivity index (χ2v) is 23.2. The number of hydrogen-bond acceptors (Lipinski definition) is 3. The fraction of sp³-hybridized carbons (Fsp3) is 0.0779. The average molecular weight is 1050 g/mol. The van der Waals surface area contributed by atoms with Crippen molar-refractivity contribution in [3.05, 3.63) is 289 Å². The van der Waals surface area contributed by atoms with Gasteiger partial charge in [-0.15, -0.1) is 0 Å². The zero-order chi connectivity index (χ0) is 54.8. The highest BCUT2D eigenvalue weighted by Crippen LogP contribution is 2.63. The molecule has 0 saturated carbocycles. The molecule has 0 radical (unpaired) electrons. The lowest BCUT2D eigenvalue weighted by molar-refractivity contribution is 0.483. The summed E-state index contributed by atoms with van der Waals surface area (Å²) in [5, 5.41) is 9.25. The van der Waals surface area contributed by atoms with Gasteiger partial charge < -0.3 is 14.6 Å². The number of nitrogens with one attached hydrogen (secondary N) is 1. The molecule has 1 N–H and O–H groups in total. The Balaban J connectivity index is 0.823. The summed E-state index contributed by atoms with van der Waals surface area (Å²) in [6.45, 7) is 6.73. The maximum atomic E-state index is 6.83. The fourth-order valence-electron chi connectivity index (χ4n) is 13.8. The maximum Gasteiger partial charge on any atom is 0.137 e. The second kappa shape index (κ2) is 18.2. The van der Waals surface area contributed by atoms with Crippen LogP contribution in [0.1, 0.15) is 48.6 Å². The first-order valence-electron chi connectivity index (χ1n) is 28.4. The number of benzene rings is 11. The van der Waals surface area contributed by atoms with E-state index in [0.717, 1.165) is 72.3 Å². The van der Waals surface area contributed by atoms with Gasteiger partial charge in [-0.1, -0.05) is 197 Å². The largest absolute Gasteiger partial charge is 0.457 e. The number of pyridine rings is 1. The van der Waals surface area contributed by atoms with E-state index in [-0.39, 0.29) is 5.41 Å². The van der Waals surface area contributed by atoms with Crippen LogP contribution in [0.5, 0.6) is 11.5 Å². The molecule has 0 saturated heterocycles. The summed E-state index contributed by atoms with van der Waals surface area (Å²) in [7, 11) is 2.15. The number of rotatable bonds is 6. The molecule has 0 unspecified atom stereocenters. The highest BCUT2D eigenvalue weighted by Gasteiger charge is 2.51. The van der Waals surface area contributed by atoms with E-state index in [4.69, 9.17) is 9.72 Å². The Morgan fingerprint density at radius 1 is 0.427 bits per heavy atom. The number of H-pyrrole nitrogens is 1. The van der Waals surface area contributed by atoms with Crippen LogP contribution in [0.3, 0.4) is 0 Å². The number of para-hydroxylation sites is 3. The predicted octanol–water partition coefficient (Wildman–Crippen LogP) is 20.1. The number of nitrogens with zero attached hydrogens (tertiary/aromatic N) is 3. The van der Waals surface area contributed by atoms with Crippen molar-refractivity contribution < 1.29 is 4.74 Å². The Morgan fingerprint density at radius 2 is 0.988 bits per heavy atom. The molecule has 0 bridgehead atoms. The van der Waals surface area contributed by atoms with E-state index in [2.05, 4.69) is 291 Å². The van der Waals surface area contributed by atoms with Crippen molar-refractivity contribution in [3.63, 3.8) is 0 Å². The summed E-state index contributed by atoms with van der Waals surface area (Å²) in [6, 6.07) is 93.4. The van der Waals surface area contributed by atoms with Crippen molar-refractivity contribution in [2.45, 2.75) is 31.6 Å². The van der Waals surface area contributed by atoms with Crippen LogP contribution < -0.4 is 9.64 Å². The summed E-state index contributed by atoms with van der Waals surface area (Å²) in [5.41, 5.74) is 20.0. The van der Waals surface area contributed by atoms with Gasteiger partial charge >= 0.3 is 0 Å². The molecule has 5 heteroatoms. The van der Waals surface area contributed by atoms with E-state index in [9.17, 15) is 0 Å². The second-order valence-electron chi connectivity index (χ2n) is 23.2. The number of anilines is 2. The summed E-state index contributed by atoms with van der Waals surface area (Å²) in [5.74, 6) is 2.38. The van der Waals surface area contributed by atoms with Gasteiger partial charge in [0.2, 0.25) is 0 Å². The van der Waals surface area contributed by atoms with Crippen molar-refractivity contribution in [1.82, 2.24) is 14.5 Å². The molecule has 390 valence electrons. The summed E-state index contributed by atoms with van der Waals surface area (Å²) in [4.78, 5) is 11.2. The van der Waals surface area contributed by atoms with Gasteiger partial charge in [-0.2, -0.15) is 0 Å². The van der Waals surface area contributed by atoms with Gasteiger partial charge in [-0.05, 0) is 155 Å². The molecule has 3 heterocycles. The van der Waals surface area contributed by atoms with Gasteiger partial charge in [0.05, 0.1) is 27.7 Å². The zero-order valence-electron chi connectivity index (χ0n) is 46.1. The van der Waals surface area contributed by atoms with Crippen molar-refractivity contribution in [2.75, 3.05) is 11.9 Å². The van der Waals surface area contributed by atoms with Gasteiger partial charge in [0, 0.05) is 58.1 Å². The molecule has 2 aliphatic rings.